The molecule has 4 aromatic heterocycles. The summed E-state index contributed by atoms with van der Waals surface area (Å²) in [6.07, 6.45) is 2.02. The van der Waals surface area contributed by atoms with Crippen molar-refractivity contribution in [2.24, 2.45) is 0 Å². The zero-order valence-electron chi connectivity index (χ0n) is 28.6. The van der Waals surface area contributed by atoms with Crippen LogP contribution in [0.1, 0.15) is 0 Å². The van der Waals surface area contributed by atoms with Crippen LogP contribution in [0.3, 0.4) is 0 Å². The molecule has 0 saturated carbocycles. The monoisotopic (exact) mass is 677 g/mol. The number of pyridine rings is 2. The van der Waals surface area contributed by atoms with E-state index in [0.717, 1.165) is 89.2 Å². The van der Waals surface area contributed by atoms with E-state index in [2.05, 4.69) is 156 Å². The van der Waals surface area contributed by atoms with Crippen LogP contribution >= 0.6 is 0 Å². The van der Waals surface area contributed by atoms with E-state index in [1.807, 2.05) is 36.5 Å². The molecule has 6 aromatic carbocycles. The van der Waals surface area contributed by atoms with Gasteiger partial charge in [-0.1, -0.05) is 146 Å². The standard InChI is InChI=1S/C48H31N5/c1-3-14-32(15-4-1)34-18-11-20-36(28-34)42-31-43(37-21-12-19-35(29-37)33-16-5-2-6-17-33)50-47(49-42)39-23-13-22-38(30-39)45-40-24-7-8-25-41(40)46-48(52-45)53-27-10-9-26-44(53)51-46/h1-31H. The fourth-order valence-corrected chi connectivity index (χ4v) is 7.21. The molecule has 5 heteroatoms. The Kier molecular flexibility index (Phi) is 7.40. The van der Waals surface area contributed by atoms with Gasteiger partial charge in [-0.05, 0) is 58.7 Å². The zero-order chi connectivity index (χ0) is 35.1. The molecule has 0 unspecified atom stereocenters. The van der Waals surface area contributed by atoms with Crippen LogP contribution in [0.15, 0.2) is 188 Å². The lowest BCUT2D eigenvalue weighted by Gasteiger charge is -2.13. The number of fused-ring (bicyclic) bond motifs is 5. The maximum Gasteiger partial charge on any atom is 0.165 e. The van der Waals surface area contributed by atoms with Gasteiger partial charge in [0.05, 0.1) is 17.1 Å². The van der Waals surface area contributed by atoms with Crippen molar-refractivity contribution in [3.63, 3.8) is 0 Å². The van der Waals surface area contributed by atoms with Crippen LogP contribution in [0.25, 0.3) is 95.0 Å². The Balaban J connectivity index is 1.15. The van der Waals surface area contributed by atoms with Gasteiger partial charge in [-0.2, -0.15) is 0 Å². The normalized spacial score (nSPS) is 11.4. The van der Waals surface area contributed by atoms with Crippen LogP contribution in [0.5, 0.6) is 0 Å². The first kappa shape index (κ1) is 30.6. The van der Waals surface area contributed by atoms with Crippen LogP contribution in [0.4, 0.5) is 0 Å². The van der Waals surface area contributed by atoms with Crippen molar-refractivity contribution >= 4 is 27.6 Å². The van der Waals surface area contributed by atoms with Gasteiger partial charge in [0, 0.05) is 39.2 Å². The minimum Gasteiger partial charge on any atom is -0.284 e. The van der Waals surface area contributed by atoms with Crippen LogP contribution in [0, 0.1) is 0 Å². The Morgan fingerprint density at radius 2 is 0.849 bits per heavy atom. The SMILES string of the molecule is c1ccc(-c2cccc(-c3cc(-c4cccc(-c5ccccc5)c4)nc(-c4cccc(-c5nc6c(nc7ccccn76)c6ccccc56)c4)n3)c2)cc1. The summed E-state index contributed by atoms with van der Waals surface area (Å²) in [5.74, 6) is 0.648. The van der Waals surface area contributed by atoms with E-state index in [4.69, 9.17) is 19.9 Å². The van der Waals surface area contributed by atoms with E-state index in [1.165, 1.54) is 0 Å². The van der Waals surface area contributed by atoms with Gasteiger partial charge in [-0.3, -0.25) is 4.40 Å². The molecule has 10 aromatic rings. The molecule has 0 fully saturated rings. The van der Waals surface area contributed by atoms with Crippen molar-refractivity contribution in [3.8, 4) is 67.4 Å². The quantitative estimate of drug-likeness (QED) is 0.176. The van der Waals surface area contributed by atoms with Gasteiger partial charge in [0.2, 0.25) is 0 Å². The molecular formula is C48H31N5. The molecule has 4 heterocycles. The van der Waals surface area contributed by atoms with E-state index in [9.17, 15) is 0 Å². The maximum atomic E-state index is 5.26. The van der Waals surface area contributed by atoms with Crippen molar-refractivity contribution in [2.75, 3.05) is 0 Å². The molecule has 0 amide bonds. The third kappa shape index (κ3) is 5.61. The Bertz CT molecular complexity index is 2850. The van der Waals surface area contributed by atoms with Crippen LogP contribution in [-0.2, 0) is 0 Å². The van der Waals surface area contributed by atoms with Gasteiger partial charge >= 0.3 is 0 Å². The second-order valence-corrected chi connectivity index (χ2v) is 13.2. The minimum absolute atomic E-state index is 0.648. The molecule has 0 bridgehead atoms. The summed E-state index contributed by atoms with van der Waals surface area (Å²) >= 11 is 0. The first-order valence-corrected chi connectivity index (χ1v) is 17.7. The summed E-state index contributed by atoms with van der Waals surface area (Å²) in [5, 5.41) is 2.12. The van der Waals surface area contributed by atoms with Crippen LogP contribution in [0.2, 0.25) is 0 Å². The predicted molar refractivity (Wildman–Crippen MR) is 216 cm³/mol. The summed E-state index contributed by atoms with van der Waals surface area (Å²) in [5.41, 5.74) is 13.7. The molecule has 0 spiro atoms. The number of aromatic nitrogens is 5. The molecule has 0 aliphatic rings. The highest BCUT2D eigenvalue weighted by Crippen LogP contribution is 2.36. The average molecular weight is 678 g/mol. The second kappa shape index (κ2) is 12.8. The number of rotatable bonds is 6. The smallest absolute Gasteiger partial charge is 0.165 e. The third-order valence-electron chi connectivity index (χ3n) is 9.81. The van der Waals surface area contributed by atoms with E-state index in [-0.39, 0.29) is 0 Å². The Morgan fingerprint density at radius 3 is 1.51 bits per heavy atom. The highest BCUT2D eigenvalue weighted by Gasteiger charge is 2.17. The van der Waals surface area contributed by atoms with Gasteiger partial charge in [0.1, 0.15) is 11.2 Å². The number of nitrogens with zero attached hydrogens (tertiary/aromatic N) is 5. The third-order valence-corrected chi connectivity index (χ3v) is 9.81. The van der Waals surface area contributed by atoms with E-state index < -0.39 is 0 Å². The molecule has 0 saturated heterocycles. The van der Waals surface area contributed by atoms with Crippen molar-refractivity contribution in [1.29, 1.82) is 0 Å². The van der Waals surface area contributed by atoms with Gasteiger partial charge in [-0.15, -0.1) is 0 Å². The van der Waals surface area contributed by atoms with Crippen molar-refractivity contribution in [1.82, 2.24) is 24.3 Å². The second-order valence-electron chi connectivity index (χ2n) is 13.2. The van der Waals surface area contributed by atoms with Gasteiger partial charge in [-0.25, -0.2) is 19.9 Å². The average Bonchev–Trinajstić information content (AvgIpc) is 3.63. The van der Waals surface area contributed by atoms with Crippen LogP contribution < -0.4 is 0 Å². The van der Waals surface area contributed by atoms with Crippen LogP contribution in [-0.4, -0.2) is 24.3 Å². The van der Waals surface area contributed by atoms with E-state index >= 15 is 0 Å². The molecule has 53 heavy (non-hydrogen) atoms. The zero-order valence-corrected chi connectivity index (χ0v) is 28.6. The number of benzene rings is 6. The molecule has 0 aliphatic heterocycles. The number of imidazole rings is 1. The largest absolute Gasteiger partial charge is 0.284 e. The summed E-state index contributed by atoms with van der Waals surface area (Å²) in [6.45, 7) is 0. The number of hydrogen-bond acceptors (Lipinski definition) is 4. The van der Waals surface area contributed by atoms with E-state index in [0.29, 0.717) is 5.82 Å². The lowest BCUT2D eigenvalue weighted by molar-refractivity contribution is 1.18. The molecule has 0 aliphatic carbocycles. The van der Waals surface area contributed by atoms with Gasteiger partial charge in [0.25, 0.3) is 0 Å². The Morgan fingerprint density at radius 1 is 0.340 bits per heavy atom. The van der Waals surface area contributed by atoms with E-state index in [1.54, 1.807) is 0 Å². The molecule has 248 valence electrons. The van der Waals surface area contributed by atoms with Crippen molar-refractivity contribution in [3.05, 3.63) is 188 Å². The Hall–Kier alpha value is -7.24. The first-order valence-electron chi connectivity index (χ1n) is 17.7. The molecule has 0 radical (unpaired) electrons. The van der Waals surface area contributed by atoms with Crippen molar-refractivity contribution in [2.45, 2.75) is 0 Å². The Labute approximate surface area is 306 Å². The summed E-state index contributed by atoms with van der Waals surface area (Å²) in [4.78, 5) is 20.7. The summed E-state index contributed by atoms with van der Waals surface area (Å²) < 4.78 is 2.06. The molecule has 5 nitrogen and oxygen atoms in total. The fraction of sp³-hybridized carbons (Fsp3) is 0. The summed E-state index contributed by atoms with van der Waals surface area (Å²) in [6, 6.07) is 63.0. The first-order chi connectivity index (χ1) is 26.2. The highest BCUT2D eigenvalue weighted by molar-refractivity contribution is 6.09. The molecular weight excluding hydrogens is 647 g/mol. The molecule has 10 rings (SSSR count). The fourth-order valence-electron chi connectivity index (χ4n) is 7.21. The lowest BCUT2D eigenvalue weighted by Crippen LogP contribution is -1.97. The lowest BCUT2D eigenvalue weighted by atomic mass is 9.98. The maximum absolute atomic E-state index is 5.26. The topological polar surface area (TPSA) is 56.0 Å². The predicted octanol–water partition coefficient (Wildman–Crippen LogP) is 11.8. The highest BCUT2D eigenvalue weighted by atomic mass is 15.1. The van der Waals surface area contributed by atoms with Gasteiger partial charge in [0.15, 0.2) is 11.5 Å². The summed E-state index contributed by atoms with van der Waals surface area (Å²) in [7, 11) is 0. The molecule has 0 N–H and O–H groups in total. The van der Waals surface area contributed by atoms with Crippen molar-refractivity contribution < 1.29 is 0 Å². The minimum atomic E-state index is 0.648. The molecule has 0 atom stereocenters. The number of hydrogen-bond donors (Lipinski definition) is 0. The van der Waals surface area contributed by atoms with Gasteiger partial charge < -0.3 is 0 Å².